The Kier molecular flexibility index (Phi) is 7.90. The van der Waals surface area contributed by atoms with Crippen LogP contribution < -0.4 is 23.4 Å². The van der Waals surface area contributed by atoms with Crippen LogP contribution in [0.15, 0.2) is 0 Å². The van der Waals surface area contributed by atoms with E-state index in [1.165, 1.54) is 10.2 Å². The zero-order valence-corrected chi connectivity index (χ0v) is 8.89. The van der Waals surface area contributed by atoms with E-state index in [-0.39, 0.29) is 0 Å². The monoisotopic (exact) mass is 205 g/mol. The SMILES string of the molecule is CN(CCCN(N)N)CCCN(N)N. The highest BCUT2D eigenvalue weighted by Gasteiger charge is 1.99. The summed E-state index contributed by atoms with van der Waals surface area (Å²) in [5.41, 5.74) is 0. The molecule has 7 nitrogen and oxygen atoms in total. The van der Waals surface area contributed by atoms with Gasteiger partial charge in [-0.3, -0.25) is 23.4 Å². The first-order valence-corrected chi connectivity index (χ1v) is 4.74. The molecule has 8 N–H and O–H groups in total. The highest BCUT2D eigenvalue weighted by Crippen LogP contribution is 1.90. The van der Waals surface area contributed by atoms with Gasteiger partial charge in [-0.2, -0.15) is 10.2 Å². The minimum Gasteiger partial charge on any atom is -0.306 e. The molecule has 0 fully saturated rings. The molecule has 0 heterocycles. The van der Waals surface area contributed by atoms with Crippen molar-refractivity contribution < 1.29 is 0 Å². The summed E-state index contributed by atoms with van der Waals surface area (Å²) in [7, 11) is 2.05. The van der Waals surface area contributed by atoms with Crippen LogP contribution in [-0.2, 0) is 0 Å². The van der Waals surface area contributed by atoms with Crippen LogP contribution in [0.1, 0.15) is 12.8 Å². The number of hydrazine groups is 4. The molecule has 0 aromatic carbocycles. The van der Waals surface area contributed by atoms with E-state index in [0.29, 0.717) is 13.1 Å². The summed E-state index contributed by atoms with van der Waals surface area (Å²) in [6.07, 6.45) is 1.91. The van der Waals surface area contributed by atoms with Crippen molar-refractivity contribution in [2.45, 2.75) is 12.8 Å². The molecule has 0 unspecified atom stereocenters. The van der Waals surface area contributed by atoms with Crippen LogP contribution >= 0.6 is 0 Å². The van der Waals surface area contributed by atoms with E-state index >= 15 is 0 Å². The van der Waals surface area contributed by atoms with Gasteiger partial charge in [0.05, 0.1) is 0 Å². The van der Waals surface area contributed by atoms with Gasteiger partial charge in [-0.1, -0.05) is 0 Å². The third-order valence-electron chi connectivity index (χ3n) is 1.91. The Morgan fingerprint density at radius 3 is 1.36 bits per heavy atom. The van der Waals surface area contributed by atoms with Crippen molar-refractivity contribution in [3.05, 3.63) is 0 Å². The Bertz CT molecular complexity index is 113. The Morgan fingerprint density at radius 1 is 0.714 bits per heavy atom. The predicted octanol–water partition coefficient (Wildman–Crippen LogP) is -2.20. The summed E-state index contributed by atoms with van der Waals surface area (Å²) in [5, 5.41) is 2.41. The molecule has 0 radical (unpaired) electrons. The molecule has 0 aliphatic carbocycles. The highest BCUT2D eigenvalue weighted by atomic mass is 15.6. The first-order valence-electron chi connectivity index (χ1n) is 4.74. The lowest BCUT2D eigenvalue weighted by atomic mass is 10.3. The van der Waals surface area contributed by atoms with Gasteiger partial charge in [0.15, 0.2) is 0 Å². The lowest BCUT2D eigenvalue weighted by Gasteiger charge is -2.18. The topological polar surface area (TPSA) is 114 Å². The molecular weight excluding hydrogens is 182 g/mol. The Hall–Kier alpha value is -0.280. The molecule has 0 amide bonds. The summed E-state index contributed by atoms with van der Waals surface area (Å²) in [5.74, 6) is 21.1. The van der Waals surface area contributed by atoms with E-state index in [1.807, 2.05) is 0 Å². The summed E-state index contributed by atoms with van der Waals surface area (Å²) in [4.78, 5) is 2.20. The van der Waals surface area contributed by atoms with Crippen molar-refractivity contribution in [3.63, 3.8) is 0 Å². The van der Waals surface area contributed by atoms with Crippen LogP contribution in [0.2, 0.25) is 0 Å². The fourth-order valence-electron chi connectivity index (χ4n) is 1.16. The minimum atomic E-state index is 0.699. The first-order chi connectivity index (χ1) is 6.52. The minimum absolute atomic E-state index is 0.699. The van der Waals surface area contributed by atoms with E-state index in [9.17, 15) is 0 Å². The van der Waals surface area contributed by atoms with Crippen LogP contribution in [0, 0.1) is 0 Å². The molecule has 0 bridgehead atoms. The van der Waals surface area contributed by atoms with Gasteiger partial charge >= 0.3 is 0 Å². The molecule has 0 saturated heterocycles. The third kappa shape index (κ3) is 9.81. The van der Waals surface area contributed by atoms with Crippen LogP contribution in [0.25, 0.3) is 0 Å². The molecule has 0 atom stereocenters. The first kappa shape index (κ1) is 13.7. The zero-order valence-electron chi connectivity index (χ0n) is 8.89. The maximum atomic E-state index is 5.27. The average molecular weight is 205 g/mol. The predicted molar refractivity (Wildman–Crippen MR) is 56.9 cm³/mol. The number of nitrogens with two attached hydrogens (primary N) is 4. The third-order valence-corrected chi connectivity index (χ3v) is 1.91. The fourth-order valence-corrected chi connectivity index (χ4v) is 1.16. The quantitative estimate of drug-likeness (QED) is 0.262. The second-order valence-corrected chi connectivity index (χ2v) is 3.49. The standard InChI is InChI=1S/C7H23N7/c1-12(4-2-6-13(8)9)5-3-7-14(10)11/h2-11H2,1H3. The maximum Gasteiger partial charge on any atom is 0.0295 e. The molecule has 0 aromatic rings. The molecule has 0 rings (SSSR count). The fraction of sp³-hybridized carbons (Fsp3) is 1.00. The summed E-state index contributed by atoms with van der Waals surface area (Å²) in [6.45, 7) is 3.34. The normalized spacial score (nSPS) is 12.0. The van der Waals surface area contributed by atoms with Gasteiger partial charge < -0.3 is 4.90 Å². The van der Waals surface area contributed by atoms with E-state index in [2.05, 4.69) is 11.9 Å². The highest BCUT2D eigenvalue weighted by molar-refractivity contribution is 4.53. The summed E-state index contributed by atoms with van der Waals surface area (Å²) >= 11 is 0. The molecule has 0 aliphatic heterocycles. The molecule has 0 aliphatic rings. The van der Waals surface area contributed by atoms with Gasteiger partial charge in [0, 0.05) is 13.1 Å². The second kappa shape index (κ2) is 8.06. The van der Waals surface area contributed by atoms with Gasteiger partial charge in [-0.05, 0) is 33.0 Å². The smallest absolute Gasteiger partial charge is 0.0295 e. The van der Waals surface area contributed by atoms with Crippen molar-refractivity contribution in [3.8, 4) is 0 Å². The van der Waals surface area contributed by atoms with Gasteiger partial charge in [0.1, 0.15) is 0 Å². The van der Waals surface area contributed by atoms with Crippen LogP contribution in [0.4, 0.5) is 0 Å². The van der Waals surface area contributed by atoms with Crippen molar-refractivity contribution in [2.24, 2.45) is 23.4 Å². The van der Waals surface area contributed by atoms with Gasteiger partial charge in [-0.25, -0.2) is 0 Å². The number of rotatable bonds is 8. The molecule has 0 spiro atoms. The largest absolute Gasteiger partial charge is 0.306 e. The average Bonchev–Trinajstić information content (AvgIpc) is 2.02. The Morgan fingerprint density at radius 2 is 1.07 bits per heavy atom. The van der Waals surface area contributed by atoms with Crippen LogP contribution in [0.3, 0.4) is 0 Å². The van der Waals surface area contributed by atoms with Gasteiger partial charge in [0.2, 0.25) is 0 Å². The van der Waals surface area contributed by atoms with Crippen LogP contribution in [-0.4, -0.2) is 48.4 Å². The van der Waals surface area contributed by atoms with Gasteiger partial charge in [0.25, 0.3) is 0 Å². The zero-order chi connectivity index (χ0) is 11.0. The lowest BCUT2D eigenvalue weighted by Crippen LogP contribution is -2.40. The van der Waals surface area contributed by atoms with E-state index < -0.39 is 0 Å². The maximum absolute atomic E-state index is 5.27. The summed E-state index contributed by atoms with van der Waals surface area (Å²) in [6, 6.07) is 0. The number of hydrogen-bond acceptors (Lipinski definition) is 7. The molecule has 86 valence electrons. The van der Waals surface area contributed by atoms with Crippen molar-refractivity contribution in [1.29, 1.82) is 0 Å². The van der Waals surface area contributed by atoms with Crippen LogP contribution in [0.5, 0.6) is 0 Å². The number of hydrogen-bond donors (Lipinski definition) is 4. The molecule has 0 saturated carbocycles. The van der Waals surface area contributed by atoms with Crippen molar-refractivity contribution in [2.75, 3.05) is 33.2 Å². The van der Waals surface area contributed by atoms with Gasteiger partial charge in [-0.15, -0.1) is 0 Å². The Labute approximate surface area is 85.4 Å². The lowest BCUT2D eigenvalue weighted by molar-refractivity contribution is 0.235. The second-order valence-electron chi connectivity index (χ2n) is 3.49. The molecule has 14 heavy (non-hydrogen) atoms. The van der Waals surface area contributed by atoms with Crippen molar-refractivity contribution in [1.82, 2.24) is 15.1 Å². The summed E-state index contributed by atoms with van der Waals surface area (Å²) < 4.78 is 0. The number of nitrogens with zero attached hydrogens (tertiary/aromatic N) is 3. The molecule has 0 aromatic heterocycles. The van der Waals surface area contributed by atoms with Crippen molar-refractivity contribution >= 4 is 0 Å². The molecule has 7 heteroatoms. The molecular formula is C7H23N7. The van der Waals surface area contributed by atoms with E-state index in [1.54, 1.807) is 0 Å². The van der Waals surface area contributed by atoms with E-state index in [0.717, 1.165) is 25.9 Å². The Balaban J connectivity index is 3.23. The van der Waals surface area contributed by atoms with E-state index in [4.69, 9.17) is 23.4 Å².